The highest BCUT2D eigenvalue weighted by atomic mass is 32.2. The zero-order chi connectivity index (χ0) is 14.8. The van der Waals surface area contributed by atoms with Crippen molar-refractivity contribution in [3.63, 3.8) is 0 Å². The SMILES string of the molecule is CCN(CC1CCOC1)S(=O)(=O)c1ccc(F)cc1N. The van der Waals surface area contributed by atoms with E-state index in [4.69, 9.17) is 10.5 Å². The van der Waals surface area contributed by atoms with E-state index in [1.54, 1.807) is 6.92 Å². The van der Waals surface area contributed by atoms with Gasteiger partial charge in [-0.15, -0.1) is 0 Å². The van der Waals surface area contributed by atoms with E-state index in [9.17, 15) is 12.8 Å². The van der Waals surface area contributed by atoms with Gasteiger partial charge in [0.1, 0.15) is 10.7 Å². The molecular formula is C13H19FN2O3S. The van der Waals surface area contributed by atoms with E-state index < -0.39 is 15.8 Å². The summed E-state index contributed by atoms with van der Waals surface area (Å²) in [4.78, 5) is -0.0420. The fourth-order valence-corrected chi connectivity index (χ4v) is 3.93. The molecule has 2 rings (SSSR count). The van der Waals surface area contributed by atoms with Gasteiger partial charge < -0.3 is 10.5 Å². The van der Waals surface area contributed by atoms with Crippen LogP contribution < -0.4 is 5.73 Å². The van der Waals surface area contributed by atoms with Crippen molar-refractivity contribution in [1.82, 2.24) is 4.31 Å². The van der Waals surface area contributed by atoms with Crippen molar-refractivity contribution in [3.05, 3.63) is 24.0 Å². The smallest absolute Gasteiger partial charge is 0.245 e. The molecule has 2 N–H and O–H groups in total. The molecule has 112 valence electrons. The van der Waals surface area contributed by atoms with Gasteiger partial charge in [0.15, 0.2) is 0 Å². The molecule has 0 saturated carbocycles. The Morgan fingerprint density at radius 1 is 1.50 bits per heavy atom. The first-order valence-electron chi connectivity index (χ1n) is 6.58. The lowest BCUT2D eigenvalue weighted by Crippen LogP contribution is -2.35. The number of ether oxygens (including phenoxy) is 1. The third-order valence-electron chi connectivity index (χ3n) is 3.43. The molecule has 0 radical (unpaired) electrons. The number of nitrogens with zero attached hydrogens (tertiary/aromatic N) is 1. The number of benzene rings is 1. The molecule has 7 heteroatoms. The van der Waals surface area contributed by atoms with Gasteiger partial charge >= 0.3 is 0 Å². The van der Waals surface area contributed by atoms with Crippen molar-refractivity contribution in [2.45, 2.75) is 18.2 Å². The van der Waals surface area contributed by atoms with E-state index in [1.807, 2.05) is 0 Å². The zero-order valence-corrected chi connectivity index (χ0v) is 12.2. The molecule has 0 aliphatic carbocycles. The molecule has 1 aromatic carbocycles. The Morgan fingerprint density at radius 2 is 2.25 bits per heavy atom. The lowest BCUT2D eigenvalue weighted by atomic mass is 10.1. The van der Waals surface area contributed by atoms with Gasteiger partial charge in [-0.1, -0.05) is 6.92 Å². The number of anilines is 1. The summed E-state index contributed by atoms with van der Waals surface area (Å²) in [6, 6.07) is 3.35. The first-order chi connectivity index (χ1) is 9.45. The normalized spacial score (nSPS) is 19.6. The van der Waals surface area contributed by atoms with Crippen molar-refractivity contribution in [2.75, 3.05) is 32.0 Å². The van der Waals surface area contributed by atoms with E-state index in [2.05, 4.69) is 0 Å². The lowest BCUT2D eigenvalue weighted by Gasteiger charge is -2.23. The largest absolute Gasteiger partial charge is 0.398 e. The van der Waals surface area contributed by atoms with Crippen LogP contribution in [-0.4, -0.2) is 39.0 Å². The fourth-order valence-electron chi connectivity index (χ4n) is 2.31. The standard InChI is InChI=1S/C13H19FN2O3S/c1-2-16(8-10-5-6-19-9-10)20(17,18)13-4-3-11(14)7-12(13)15/h3-4,7,10H,2,5-6,8-9,15H2,1H3. The van der Waals surface area contributed by atoms with Crippen LogP contribution in [0.5, 0.6) is 0 Å². The lowest BCUT2D eigenvalue weighted by molar-refractivity contribution is 0.181. The maximum Gasteiger partial charge on any atom is 0.245 e. The number of rotatable bonds is 5. The third-order valence-corrected chi connectivity index (χ3v) is 5.44. The predicted molar refractivity (Wildman–Crippen MR) is 74.2 cm³/mol. The fraction of sp³-hybridized carbons (Fsp3) is 0.538. The van der Waals surface area contributed by atoms with Crippen LogP contribution in [0, 0.1) is 11.7 Å². The summed E-state index contributed by atoms with van der Waals surface area (Å²) in [5.41, 5.74) is 5.57. The summed E-state index contributed by atoms with van der Waals surface area (Å²) >= 11 is 0. The molecule has 20 heavy (non-hydrogen) atoms. The van der Waals surface area contributed by atoms with Crippen LogP contribution in [0.2, 0.25) is 0 Å². The Labute approximate surface area is 118 Å². The summed E-state index contributed by atoms with van der Waals surface area (Å²) in [5.74, 6) is -0.347. The molecular weight excluding hydrogens is 283 g/mol. The van der Waals surface area contributed by atoms with Crippen molar-refractivity contribution in [1.29, 1.82) is 0 Å². The second-order valence-corrected chi connectivity index (χ2v) is 6.77. The van der Waals surface area contributed by atoms with Crippen LogP contribution in [-0.2, 0) is 14.8 Å². The summed E-state index contributed by atoms with van der Waals surface area (Å²) in [5, 5.41) is 0. The van der Waals surface area contributed by atoms with Crippen molar-refractivity contribution < 1.29 is 17.5 Å². The average molecular weight is 302 g/mol. The van der Waals surface area contributed by atoms with Crippen LogP contribution in [0.15, 0.2) is 23.1 Å². The predicted octanol–water partition coefficient (Wildman–Crippen LogP) is 1.45. The van der Waals surface area contributed by atoms with Gasteiger partial charge in [0.2, 0.25) is 10.0 Å². The summed E-state index contributed by atoms with van der Waals surface area (Å²) in [7, 11) is -3.70. The summed E-state index contributed by atoms with van der Waals surface area (Å²) in [6.45, 7) is 3.75. The van der Waals surface area contributed by atoms with E-state index in [-0.39, 0.29) is 16.5 Å². The van der Waals surface area contributed by atoms with Crippen LogP contribution >= 0.6 is 0 Å². The van der Waals surface area contributed by atoms with Crippen molar-refractivity contribution >= 4 is 15.7 Å². The van der Waals surface area contributed by atoms with Crippen LogP contribution in [0.25, 0.3) is 0 Å². The number of sulfonamides is 1. The van der Waals surface area contributed by atoms with Crippen molar-refractivity contribution in [2.24, 2.45) is 5.92 Å². The maximum absolute atomic E-state index is 13.0. The maximum atomic E-state index is 13.0. The number of hydrogen-bond acceptors (Lipinski definition) is 4. The highest BCUT2D eigenvalue weighted by Gasteiger charge is 2.29. The van der Waals surface area contributed by atoms with E-state index in [0.29, 0.717) is 26.3 Å². The second kappa shape index (κ2) is 6.07. The molecule has 0 spiro atoms. The number of nitrogen functional groups attached to an aromatic ring is 1. The van der Waals surface area contributed by atoms with Crippen LogP contribution in [0.1, 0.15) is 13.3 Å². The number of nitrogens with two attached hydrogens (primary N) is 1. The van der Waals surface area contributed by atoms with Crippen LogP contribution in [0.3, 0.4) is 0 Å². The molecule has 1 aliphatic rings. The molecule has 1 aliphatic heterocycles. The van der Waals surface area contributed by atoms with Crippen LogP contribution in [0.4, 0.5) is 10.1 Å². The minimum Gasteiger partial charge on any atom is -0.398 e. The van der Waals surface area contributed by atoms with Gasteiger partial charge in [-0.2, -0.15) is 4.31 Å². The van der Waals surface area contributed by atoms with Gasteiger partial charge in [-0.3, -0.25) is 0 Å². The second-order valence-electron chi connectivity index (χ2n) is 4.87. The highest BCUT2D eigenvalue weighted by molar-refractivity contribution is 7.89. The molecule has 1 saturated heterocycles. The van der Waals surface area contributed by atoms with E-state index in [0.717, 1.165) is 18.6 Å². The highest BCUT2D eigenvalue weighted by Crippen LogP contribution is 2.25. The first kappa shape index (κ1) is 15.2. The zero-order valence-electron chi connectivity index (χ0n) is 11.4. The Hall–Kier alpha value is -1.18. The van der Waals surface area contributed by atoms with Gasteiger partial charge in [-0.05, 0) is 30.5 Å². The minimum atomic E-state index is -3.70. The molecule has 1 heterocycles. The molecule has 1 unspecified atom stereocenters. The third kappa shape index (κ3) is 3.11. The molecule has 0 aromatic heterocycles. The molecule has 1 aromatic rings. The van der Waals surface area contributed by atoms with E-state index >= 15 is 0 Å². The van der Waals surface area contributed by atoms with E-state index in [1.165, 1.54) is 10.4 Å². The topological polar surface area (TPSA) is 72.6 Å². The number of hydrogen-bond donors (Lipinski definition) is 1. The van der Waals surface area contributed by atoms with Gasteiger partial charge in [0.05, 0.1) is 12.3 Å². The van der Waals surface area contributed by atoms with Gasteiger partial charge in [0.25, 0.3) is 0 Å². The molecule has 0 amide bonds. The molecule has 5 nitrogen and oxygen atoms in total. The molecule has 1 atom stereocenters. The van der Waals surface area contributed by atoms with Gasteiger partial charge in [-0.25, -0.2) is 12.8 Å². The molecule has 1 fully saturated rings. The Balaban J connectivity index is 2.26. The Morgan fingerprint density at radius 3 is 2.80 bits per heavy atom. The Bertz CT molecular complexity index is 571. The summed E-state index contributed by atoms with van der Waals surface area (Å²) < 4.78 is 44.8. The number of halogens is 1. The Kier molecular flexibility index (Phi) is 4.62. The first-order valence-corrected chi connectivity index (χ1v) is 8.02. The summed E-state index contributed by atoms with van der Waals surface area (Å²) in [6.07, 6.45) is 0.852. The van der Waals surface area contributed by atoms with Crippen molar-refractivity contribution in [3.8, 4) is 0 Å². The average Bonchev–Trinajstić information content (AvgIpc) is 2.88. The molecule has 0 bridgehead atoms. The quantitative estimate of drug-likeness (QED) is 0.836. The minimum absolute atomic E-state index is 0.0420. The monoisotopic (exact) mass is 302 g/mol. The van der Waals surface area contributed by atoms with Gasteiger partial charge in [0, 0.05) is 19.7 Å².